The van der Waals surface area contributed by atoms with Crippen LogP contribution < -0.4 is 5.73 Å². The normalized spacial score (nSPS) is 13.8. The minimum Gasteiger partial charge on any atom is -0.462 e. The number of carbonyl (C=O) groups excluding carboxylic acids is 2. The molecule has 9 nitrogen and oxygen atoms in total. The van der Waals surface area contributed by atoms with E-state index in [1.54, 1.807) is 0 Å². The Morgan fingerprint density at radius 1 is 0.392 bits per heavy atom. The van der Waals surface area contributed by atoms with E-state index in [2.05, 4.69) is 135 Å². The molecular formula is C69H118NO8P. The highest BCUT2D eigenvalue weighted by atomic mass is 31.2. The Balaban J connectivity index is 3.95. The first-order valence-corrected chi connectivity index (χ1v) is 33.5. The average Bonchev–Trinajstić information content (AvgIpc) is 3.44. The van der Waals surface area contributed by atoms with Gasteiger partial charge >= 0.3 is 19.8 Å². The molecule has 3 N–H and O–H groups in total. The molecule has 0 saturated heterocycles. The molecule has 0 amide bonds. The lowest BCUT2D eigenvalue weighted by Gasteiger charge is -2.19. The van der Waals surface area contributed by atoms with Crippen LogP contribution in [0, 0.1) is 0 Å². The van der Waals surface area contributed by atoms with Gasteiger partial charge in [0.15, 0.2) is 6.10 Å². The Hall–Kier alpha value is -3.59. The molecule has 2 atom stereocenters. The van der Waals surface area contributed by atoms with Crippen molar-refractivity contribution >= 4 is 19.8 Å². The number of allylic oxidation sites excluding steroid dienone is 20. The van der Waals surface area contributed by atoms with E-state index in [-0.39, 0.29) is 38.6 Å². The van der Waals surface area contributed by atoms with E-state index in [4.69, 9.17) is 24.3 Å². The number of hydrogen-bond acceptors (Lipinski definition) is 8. The third-order valence-corrected chi connectivity index (χ3v) is 14.3. The highest BCUT2D eigenvalue weighted by Gasteiger charge is 2.26. The smallest absolute Gasteiger partial charge is 0.462 e. The van der Waals surface area contributed by atoms with E-state index in [1.165, 1.54) is 128 Å². The molecule has 0 spiro atoms. The predicted octanol–water partition coefficient (Wildman–Crippen LogP) is 20.7. The van der Waals surface area contributed by atoms with Crippen molar-refractivity contribution in [3.05, 3.63) is 122 Å². The van der Waals surface area contributed by atoms with Crippen LogP contribution >= 0.6 is 7.82 Å². The van der Waals surface area contributed by atoms with E-state index in [9.17, 15) is 19.0 Å². The van der Waals surface area contributed by atoms with Crippen molar-refractivity contribution in [2.45, 2.75) is 277 Å². The number of rotatable bonds is 59. The summed E-state index contributed by atoms with van der Waals surface area (Å²) in [6.45, 7) is 3.62. The van der Waals surface area contributed by atoms with Gasteiger partial charge in [0.2, 0.25) is 0 Å². The molecule has 0 aliphatic rings. The second-order valence-corrected chi connectivity index (χ2v) is 22.3. The molecule has 0 heterocycles. The lowest BCUT2D eigenvalue weighted by Crippen LogP contribution is -2.29. The third-order valence-electron chi connectivity index (χ3n) is 13.3. The summed E-state index contributed by atoms with van der Waals surface area (Å²) in [5, 5.41) is 0. The van der Waals surface area contributed by atoms with Crippen LogP contribution in [-0.4, -0.2) is 49.3 Å². The summed E-state index contributed by atoms with van der Waals surface area (Å²) in [4.78, 5) is 35.3. The molecule has 0 aromatic rings. The summed E-state index contributed by atoms with van der Waals surface area (Å²) in [5.74, 6) is -0.835. The zero-order valence-corrected chi connectivity index (χ0v) is 51.5. The molecule has 0 rings (SSSR count). The largest absolute Gasteiger partial charge is 0.472 e. The van der Waals surface area contributed by atoms with Gasteiger partial charge in [0.05, 0.1) is 13.2 Å². The highest BCUT2D eigenvalue weighted by molar-refractivity contribution is 7.47. The van der Waals surface area contributed by atoms with Crippen LogP contribution in [0.4, 0.5) is 0 Å². The van der Waals surface area contributed by atoms with Crippen molar-refractivity contribution in [1.82, 2.24) is 0 Å². The van der Waals surface area contributed by atoms with Crippen molar-refractivity contribution in [2.24, 2.45) is 5.73 Å². The van der Waals surface area contributed by atoms with Gasteiger partial charge in [0.1, 0.15) is 6.61 Å². The molecule has 0 aliphatic carbocycles. The third kappa shape index (κ3) is 63.5. The quantitative estimate of drug-likeness (QED) is 0.0264. The number of unbranched alkanes of at least 4 members (excludes halogenated alkanes) is 26. The number of carbonyl (C=O) groups is 2. The maximum Gasteiger partial charge on any atom is 0.472 e. The van der Waals surface area contributed by atoms with Gasteiger partial charge in [-0.05, 0) is 109 Å². The Morgan fingerprint density at radius 2 is 0.696 bits per heavy atom. The lowest BCUT2D eigenvalue weighted by molar-refractivity contribution is -0.161. The number of phosphoric acid groups is 1. The molecular weight excluding hydrogens is 1000 g/mol. The molecule has 79 heavy (non-hydrogen) atoms. The maximum absolute atomic E-state index is 12.7. The number of hydrogen-bond donors (Lipinski definition) is 2. The minimum atomic E-state index is -4.40. The molecule has 2 unspecified atom stereocenters. The second kappa shape index (κ2) is 63.6. The van der Waals surface area contributed by atoms with Crippen molar-refractivity contribution in [3.8, 4) is 0 Å². The van der Waals surface area contributed by atoms with Crippen molar-refractivity contribution < 1.29 is 37.6 Å². The Kier molecular flexibility index (Phi) is 60.7. The van der Waals surface area contributed by atoms with E-state index in [0.717, 1.165) is 109 Å². The molecule has 0 fully saturated rings. The van der Waals surface area contributed by atoms with E-state index >= 15 is 0 Å². The average molecular weight is 1120 g/mol. The summed E-state index contributed by atoms with van der Waals surface area (Å²) in [5.41, 5.74) is 5.39. The summed E-state index contributed by atoms with van der Waals surface area (Å²) in [7, 11) is -4.40. The second-order valence-electron chi connectivity index (χ2n) is 20.9. The lowest BCUT2D eigenvalue weighted by atomic mass is 10.0. The Bertz CT molecular complexity index is 1710. The fourth-order valence-corrected chi connectivity index (χ4v) is 9.39. The molecule has 0 radical (unpaired) electrons. The van der Waals surface area contributed by atoms with Gasteiger partial charge in [0, 0.05) is 19.4 Å². The summed E-state index contributed by atoms with van der Waals surface area (Å²) < 4.78 is 33.1. The van der Waals surface area contributed by atoms with Gasteiger partial charge in [0.25, 0.3) is 0 Å². The molecule has 0 aromatic carbocycles. The van der Waals surface area contributed by atoms with Crippen molar-refractivity contribution in [3.63, 3.8) is 0 Å². The summed E-state index contributed by atoms with van der Waals surface area (Å²) in [6, 6.07) is 0. The zero-order chi connectivity index (χ0) is 57.3. The van der Waals surface area contributed by atoms with Gasteiger partial charge in [-0.3, -0.25) is 18.6 Å². The minimum absolute atomic E-state index is 0.0479. The summed E-state index contributed by atoms with van der Waals surface area (Å²) in [6.07, 6.45) is 88.3. The number of esters is 2. The molecule has 0 bridgehead atoms. The Labute approximate surface area is 485 Å². The first-order chi connectivity index (χ1) is 38.8. The maximum atomic E-state index is 12.7. The molecule has 0 aromatic heterocycles. The van der Waals surface area contributed by atoms with Crippen LogP contribution in [0.15, 0.2) is 122 Å². The molecule has 0 aliphatic heterocycles. The fraction of sp³-hybridized carbons (Fsp3) is 0.681. The Morgan fingerprint density at radius 3 is 1.04 bits per heavy atom. The standard InChI is InChI=1S/C69H118NO8P/c1-3-5-7-9-11-13-15-17-19-21-23-25-26-27-28-29-30-31-32-33-34-35-36-37-38-39-40-42-44-46-48-50-52-54-56-58-60-62-69(72)78-67(66-77-79(73,74)76-64-63-70)65-75-68(71)61-59-57-55-53-51-49-47-45-43-41-24-22-20-18-16-14-12-10-8-6-4-2/h5,7,11,13,16-19,22-25,27-28,30-31,33-34,36-37,67H,3-4,6,8-10,12,14-15,20-21,26,29,32,35,38-66,70H2,1-2H3,(H,73,74)/b7-5-,13-11-,18-16-,19-17-,24-22-,25-23-,28-27-,31-30-,34-33-,37-36-. The summed E-state index contributed by atoms with van der Waals surface area (Å²) >= 11 is 0. The van der Waals surface area contributed by atoms with Crippen LogP contribution in [-0.2, 0) is 32.7 Å². The molecule has 0 saturated carbocycles. The van der Waals surface area contributed by atoms with Crippen LogP contribution in [0.1, 0.15) is 271 Å². The topological polar surface area (TPSA) is 134 Å². The molecule has 452 valence electrons. The number of ether oxygens (including phenoxy) is 2. The molecule has 10 heteroatoms. The monoisotopic (exact) mass is 1120 g/mol. The van der Waals surface area contributed by atoms with Crippen molar-refractivity contribution in [2.75, 3.05) is 26.4 Å². The van der Waals surface area contributed by atoms with E-state index in [1.807, 2.05) is 0 Å². The van der Waals surface area contributed by atoms with Crippen LogP contribution in [0.3, 0.4) is 0 Å². The number of nitrogens with two attached hydrogens (primary N) is 1. The van der Waals surface area contributed by atoms with Gasteiger partial charge in [-0.2, -0.15) is 0 Å². The van der Waals surface area contributed by atoms with E-state index < -0.39 is 26.5 Å². The zero-order valence-electron chi connectivity index (χ0n) is 50.6. The predicted molar refractivity (Wildman–Crippen MR) is 339 cm³/mol. The van der Waals surface area contributed by atoms with Gasteiger partial charge in [-0.15, -0.1) is 0 Å². The first-order valence-electron chi connectivity index (χ1n) is 32.0. The fourth-order valence-electron chi connectivity index (χ4n) is 8.62. The highest BCUT2D eigenvalue weighted by Crippen LogP contribution is 2.43. The SMILES string of the molecule is CC/C=C\C/C=C\C/C=C\C/C=C\C/C=C\C/C=C\C/C=C\C/C=C\CCCCCCCCCCCCCCC(=O)OC(COC(=O)CCCCCCCCCCC/C=C\C/C=C\CCCCCCC)COP(=O)(O)OCCN. The van der Waals surface area contributed by atoms with Crippen LogP contribution in [0.25, 0.3) is 0 Å². The van der Waals surface area contributed by atoms with Gasteiger partial charge < -0.3 is 20.1 Å². The van der Waals surface area contributed by atoms with Crippen LogP contribution in [0.5, 0.6) is 0 Å². The van der Waals surface area contributed by atoms with Crippen molar-refractivity contribution in [1.29, 1.82) is 0 Å². The first kappa shape index (κ1) is 75.4. The van der Waals surface area contributed by atoms with E-state index in [0.29, 0.717) is 6.42 Å². The van der Waals surface area contributed by atoms with Crippen LogP contribution in [0.2, 0.25) is 0 Å². The van der Waals surface area contributed by atoms with Gasteiger partial charge in [-0.25, -0.2) is 4.57 Å². The number of phosphoric ester groups is 1. The van der Waals surface area contributed by atoms with Gasteiger partial charge in [-0.1, -0.05) is 270 Å².